The van der Waals surface area contributed by atoms with Gasteiger partial charge in [-0.3, -0.25) is 4.79 Å². The number of carbonyl (C=O) groups excluding carboxylic acids is 2. The lowest BCUT2D eigenvalue weighted by atomic mass is 10.1. The van der Waals surface area contributed by atoms with Crippen molar-refractivity contribution in [1.82, 2.24) is 4.90 Å². The number of benzene rings is 2. The lowest BCUT2D eigenvalue weighted by Gasteiger charge is -2.30. The summed E-state index contributed by atoms with van der Waals surface area (Å²) in [6.07, 6.45) is 1.19. The van der Waals surface area contributed by atoms with Crippen LogP contribution in [0.15, 0.2) is 54.6 Å². The van der Waals surface area contributed by atoms with E-state index < -0.39 is 12.1 Å². The minimum absolute atomic E-state index is 0.127. The van der Waals surface area contributed by atoms with E-state index in [1.54, 1.807) is 41.3 Å². The van der Waals surface area contributed by atoms with Gasteiger partial charge in [0.05, 0.1) is 24.9 Å². The van der Waals surface area contributed by atoms with Crippen molar-refractivity contribution in [2.45, 2.75) is 25.0 Å². The molecule has 2 heterocycles. The Bertz CT molecular complexity index is 857. The van der Waals surface area contributed by atoms with Gasteiger partial charge in [0.1, 0.15) is 12.4 Å². The molecule has 2 fully saturated rings. The molecule has 2 saturated heterocycles. The van der Waals surface area contributed by atoms with Gasteiger partial charge in [-0.1, -0.05) is 30.3 Å². The van der Waals surface area contributed by atoms with Crippen LogP contribution in [0.25, 0.3) is 0 Å². The SMILES string of the molecule is O=C(O[C@H](C(=O)N1CCOCC1)c1ccccc1)c1ccc(OC[C@@H]2CCCO2)cc1. The molecule has 31 heavy (non-hydrogen) atoms. The molecule has 164 valence electrons. The Morgan fingerprint density at radius 1 is 1.00 bits per heavy atom. The molecule has 2 aromatic rings. The molecule has 0 radical (unpaired) electrons. The van der Waals surface area contributed by atoms with E-state index in [1.807, 2.05) is 18.2 Å². The largest absolute Gasteiger partial charge is 0.491 e. The zero-order chi connectivity index (χ0) is 21.5. The predicted octanol–water partition coefficient (Wildman–Crippen LogP) is 3.00. The van der Waals surface area contributed by atoms with E-state index in [9.17, 15) is 9.59 Å². The molecule has 2 aliphatic rings. The molecule has 0 N–H and O–H groups in total. The lowest BCUT2D eigenvalue weighted by Crippen LogP contribution is -2.44. The van der Waals surface area contributed by atoms with Crippen LogP contribution in [0.3, 0.4) is 0 Å². The number of ether oxygens (including phenoxy) is 4. The Balaban J connectivity index is 1.42. The van der Waals surface area contributed by atoms with Gasteiger partial charge in [-0.05, 0) is 37.1 Å². The summed E-state index contributed by atoms with van der Waals surface area (Å²) in [4.78, 5) is 27.6. The van der Waals surface area contributed by atoms with Crippen LogP contribution in [0.1, 0.15) is 34.9 Å². The first-order valence-electron chi connectivity index (χ1n) is 10.7. The van der Waals surface area contributed by atoms with Crippen LogP contribution >= 0.6 is 0 Å². The maximum atomic E-state index is 13.1. The van der Waals surface area contributed by atoms with Crippen molar-refractivity contribution in [2.24, 2.45) is 0 Å². The maximum absolute atomic E-state index is 13.1. The van der Waals surface area contributed by atoms with E-state index in [0.29, 0.717) is 49.8 Å². The highest BCUT2D eigenvalue weighted by molar-refractivity contribution is 5.92. The summed E-state index contributed by atoms with van der Waals surface area (Å²) in [6, 6.07) is 15.8. The topological polar surface area (TPSA) is 74.3 Å². The van der Waals surface area contributed by atoms with E-state index in [0.717, 1.165) is 19.4 Å². The van der Waals surface area contributed by atoms with Crippen molar-refractivity contribution in [3.8, 4) is 5.75 Å². The standard InChI is InChI=1S/C24H27NO6/c26-23(25-12-15-28-16-13-25)22(18-5-2-1-3-6-18)31-24(27)19-8-10-20(11-9-19)30-17-21-7-4-14-29-21/h1-3,5-6,8-11,21-22H,4,7,12-17H2/t21-,22-/m0/s1. The number of amides is 1. The monoisotopic (exact) mass is 425 g/mol. The highest BCUT2D eigenvalue weighted by atomic mass is 16.6. The first-order valence-corrected chi connectivity index (χ1v) is 10.7. The van der Waals surface area contributed by atoms with Crippen LogP contribution in [0.2, 0.25) is 0 Å². The number of hydrogen-bond acceptors (Lipinski definition) is 6. The molecular weight excluding hydrogens is 398 g/mol. The van der Waals surface area contributed by atoms with Crippen molar-refractivity contribution in [1.29, 1.82) is 0 Å². The van der Waals surface area contributed by atoms with Gasteiger partial charge in [-0.2, -0.15) is 0 Å². The first-order chi connectivity index (χ1) is 15.2. The second kappa shape index (κ2) is 10.4. The number of nitrogens with zero attached hydrogens (tertiary/aromatic N) is 1. The molecule has 0 aromatic heterocycles. The molecule has 7 nitrogen and oxygen atoms in total. The van der Waals surface area contributed by atoms with E-state index in [1.165, 1.54) is 0 Å². The number of rotatable bonds is 7. The minimum atomic E-state index is -0.998. The third-order valence-corrected chi connectivity index (χ3v) is 5.42. The molecule has 4 rings (SSSR count). The highest BCUT2D eigenvalue weighted by Crippen LogP contribution is 2.24. The van der Waals surface area contributed by atoms with Crippen molar-refractivity contribution in [3.05, 3.63) is 65.7 Å². The Morgan fingerprint density at radius 3 is 2.42 bits per heavy atom. The van der Waals surface area contributed by atoms with Crippen molar-refractivity contribution in [3.63, 3.8) is 0 Å². The summed E-state index contributed by atoms with van der Waals surface area (Å²) in [5.74, 6) is -0.128. The normalized spacial score (nSPS) is 19.6. The van der Waals surface area contributed by atoms with Crippen molar-refractivity contribution >= 4 is 11.9 Å². The van der Waals surface area contributed by atoms with Gasteiger partial charge < -0.3 is 23.8 Å². The Labute approximate surface area is 181 Å². The van der Waals surface area contributed by atoms with Crippen LogP contribution in [0.4, 0.5) is 0 Å². The fraction of sp³-hybridized carbons (Fsp3) is 0.417. The Hall–Kier alpha value is -2.90. The van der Waals surface area contributed by atoms with Gasteiger partial charge in [0.15, 0.2) is 0 Å². The lowest BCUT2D eigenvalue weighted by molar-refractivity contribution is -0.145. The van der Waals surface area contributed by atoms with E-state index in [-0.39, 0.29) is 12.0 Å². The van der Waals surface area contributed by atoms with Crippen LogP contribution in [-0.2, 0) is 19.0 Å². The summed E-state index contributed by atoms with van der Waals surface area (Å²) in [7, 11) is 0. The van der Waals surface area contributed by atoms with Crippen LogP contribution < -0.4 is 4.74 Å². The fourth-order valence-corrected chi connectivity index (χ4v) is 3.67. The maximum Gasteiger partial charge on any atom is 0.339 e. The number of esters is 1. The molecule has 2 aromatic carbocycles. The number of carbonyl (C=O) groups is 2. The third-order valence-electron chi connectivity index (χ3n) is 5.42. The van der Waals surface area contributed by atoms with Gasteiger partial charge in [-0.25, -0.2) is 4.79 Å². The van der Waals surface area contributed by atoms with Crippen LogP contribution in [-0.4, -0.2) is 62.4 Å². The molecular formula is C24H27NO6. The summed E-state index contributed by atoms with van der Waals surface area (Å²) >= 11 is 0. The summed E-state index contributed by atoms with van der Waals surface area (Å²) in [5.41, 5.74) is 1.00. The quantitative estimate of drug-likeness (QED) is 0.635. The second-order valence-electron chi connectivity index (χ2n) is 7.60. The predicted molar refractivity (Wildman–Crippen MR) is 113 cm³/mol. The molecule has 1 amide bonds. The summed E-state index contributed by atoms with van der Waals surface area (Å²) < 4.78 is 22.3. The first kappa shape index (κ1) is 21.3. The molecule has 2 aliphatic heterocycles. The fourth-order valence-electron chi connectivity index (χ4n) is 3.67. The molecule has 0 unspecified atom stereocenters. The van der Waals surface area contributed by atoms with E-state index in [4.69, 9.17) is 18.9 Å². The molecule has 0 bridgehead atoms. The number of hydrogen-bond donors (Lipinski definition) is 0. The Morgan fingerprint density at radius 2 is 1.74 bits per heavy atom. The molecule has 0 aliphatic carbocycles. The highest BCUT2D eigenvalue weighted by Gasteiger charge is 2.30. The van der Waals surface area contributed by atoms with Gasteiger partial charge in [0.2, 0.25) is 6.10 Å². The summed E-state index contributed by atoms with van der Waals surface area (Å²) in [6.45, 7) is 3.20. The van der Waals surface area contributed by atoms with Crippen LogP contribution in [0, 0.1) is 0 Å². The van der Waals surface area contributed by atoms with Gasteiger partial charge in [0.25, 0.3) is 5.91 Å². The van der Waals surface area contributed by atoms with Gasteiger partial charge in [0, 0.05) is 25.3 Å². The van der Waals surface area contributed by atoms with Crippen LogP contribution in [0.5, 0.6) is 5.75 Å². The number of morpholine rings is 1. The third kappa shape index (κ3) is 5.62. The van der Waals surface area contributed by atoms with E-state index in [2.05, 4.69) is 0 Å². The molecule has 2 atom stereocenters. The molecule has 7 heteroatoms. The molecule has 0 spiro atoms. The van der Waals surface area contributed by atoms with Crippen molar-refractivity contribution in [2.75, 3.05) is 39.5 Å². The summed E-state index contributed by atoms with van der Waals surface area (Å²) in [5, 5.41) is 0. The minimum Gasteiger partial charge on any atom is -0.491 e. The average molecular weight is 425 g/mol. The Kier molecular flexibility index (Phi) is 7.17. The second-order valence-corrected chi connectivity index (χ2v) is 7.60. The zero-order valence-electron chi connectivity index (χ0n) is 17.4. The molecule has 0 saturated carbocycles. The van der Waals surface area contributed by atoms with Gasteiger partial charge in [-0.15, -0.1) is 0 Å². The average Bonchev–Trinajstić information content (AvgIpc) is 3.36. The van der Waals surface area contributed by atoms with Gasteiger partial charge >= 0.3 is 5.97 Å². The zero-order valence-corrected chi connectivity index (χ0v) is 17.4. The smallest absolute Gasteiger partial charge is 0.339 e. The van der Waals surface area contributed by atoms with Crippen molar-refractivity contribution < 1.29 is 28.5 Å². The van der Waals surface area contributed by atoms with E-state index >= 15 is 0 Å².